The van der Waals surface area contributed by atoms with Crippen molar-refractivity contribution in [3.8, 4) is 0 Å². The molecule has 5 nitrogen and oxygen atoms in total. The number of hydrogen-bond acceptors (Lipinski definition) is 3. The predicted octanol–water partition coefficient (Wildman–Crippen LogP) is 1.33. The minimum atomic E-state index is -0.0161. The molecule has 2 aromatic heterocycles. The van der Waals surface area contributed by atoms with Crippen LogP contribution in [0, 0.1) is 13.8 Å². The smallest absolute Gasteiger partial charge is 0.250 e. The van der Waals surface area contributed by atoms with Gasteiger partial charge in [0.1, 0.15) is 0 Å². The Hall–Kier alpha value is -2.04. The first kappa shape index (κ1) is 12.4. The fourth-order valence-corrected chi connectivity index (χ4v) is 2.02. The summed E-state index contributed by atoms with van der Waals surface area (Å²) in [6.45, 7) is 5.47. The highest BCUT2D eigenvalue weighted by Crippen LogP contribution is 2.03. The van der Waals surface area contributed by atoms with Crippen molar-refractivity contribution in [2.24, 2.45) is 0 Å². The summed E-state index contributed by atoms with van der Waals surface area (Å²) in [5.41, 5.74) is 8.42. The number of hydrogen-bond donors (Lipinski definition) is 1. The van der Waals surface area contributed by atoms with E-state index in [1.807, 2.05) is 24.6 Å². The Bertz CT molecular complexity index is 597. The Morgan fingerprint density at radius 3 is 2.72 bits per heavy atom. The number of nitrogens with two attached hydrogens (primary N) is 1. The summed E-state index contributed by atoms with van der Waals surface area (Å²) in [5, 5.41) is 4.39. The van der Waals surface area contributed by atoms with E-state index in [1.54, 1.807) is 16.8 Å². The SMILES string of the molecule is Cc1cc(C)n(CCCn2cc(N)ccc2=O)n1. The number of pyridine rings is 1. The standard InChI is InChI=1S/C13H18N4O/c1-10-8-11(2)17(15-10)7-3-6-16-9-12(14)4-5-13(16)18/h4-5,8-9H,3,6-7,14H2,1-2H3. The second kappa shape index (κ2) is 5.08. The molecule has 2 heterocycles. The molecule has 0 atom stereocenters. The fourth-order valence-electron chi connectivity index (χ4n) is 2.02. The predicted molar refractivity (Wildman–Crippen MR) is 71.4 cm³/mol. The third-order valence-electron chi connectivity index (χ3n) is 2.88. The van der Waals surface area contributed by atoms with E-state index in [0.29, 0.717) is 12.2 Å². The zero-order chi connectivity index (χ0) is 13.1. The summed E-state index contributed by atoms with van der Waals surface area (Å²) in [5.74, 6) is 0. The minimum Gasteiger partial charge on any atom is -0.398 e. The number of anilines is 1. The normalized spacial score (nSPS) is 10.8. The maximum absolute atomic E-state index is 11.6. The summed E-state index contributed by atoms with van der Waals surface area (Å²) < 4.78 is 3.60. The van der Waals surface area contributed by atoms with E-state index in [4.69, 9.17) is 5.73 Å². The Balaban J connectivity index is 1.98. The topological polar surface area (TPSA) is 65.8 Å². The molecule has 0 aliphatic heterocycles. The molecule has 0 saturated heterocycles. The molecule has 0 amide bonds. The average molecular weight is 246 g/mol. The highest BCUT2D eigenvalue weighted by atomic mass is 16.1. The monoisotopic (exact) mass is 246 g/mol. The molecular weight excluding hydrogens is 228 g/mol. The van der Waals surface area contributed by atoms with Crippen LogP contribution in [0.5, 0.6) is 0 Å². The second-order valence-electron chi connectivity index (χ2n) is 4.50. The number of aromatic nitrogens is 3. The van der Waals surface area contributed by atoms with Gasteiger partial charge in [-0.2, -0.15) is 5.10 Å². The average Bonchev–Trinajstić information content (AvgIpc) is 2.62. The molecule has 2 rings (SSSR count). The van der Waals surface area contributed by atoms with Crippen molar-refractivity contribution >= 4 is 5.69 Å². The van der Waals surface area contributed by atoms with Crippen LogP contribution in [-0.2, 0) is 13.1 Å². The molecule has 0 aliphatic carbocycles. The number of nitrogens with zero attached hydrogens (tertiary/aromatic N) is 3. The molecule has 2 N–H and O–H groups in total. The Kier molecular flexibility index (Phi) is 3.50. The van der Waals surface area contributed by atoms with Crippen molar-refractivity contribution in [2.45, 2.75) is 33.4 Å². The van der Waals surface area contributed by atoms with Crippen molar-refractivity contribution in [3.63, 3.8) is 0 Å². The van der Waals surface area contributed by atoms with Crippen LogP contribution < -0.4 is 11.3 Å². The van der Waals surface area contributed by atoms with Crippen molar-refractivity contribution in [3.05, 3.63) is 46.1 Å². The summed E-state index contributed by atoms with van der Waals surface area (Å²) in [7, 11) is 0. The zero-order valence-corrected chi connectivity index (χ0v) is 10.8. The molecule has 0 spiro atoms. The molecule has 0 bridgehead atoms. The molecular formula is C13H18N4O. The lowest BCUT2D eigenvalue weighted by Crippen LogP contribution is -2.20. The molecule has 2 aromatic rings. The van der Waals surface area contributed by atoms with Gasteiger partial charge in [-0.1, -0.05) is 0 Å². The molecule has 0 fully saturated rings. The van der Waals surface area contributed by atoms with Crippen LogP contribution in [0.25, 0.3) is 0 Å². The molecule has 0 aromatic carbocycles. The lowest BCUT2D eigenvalue weighted by Gasteiger charge is -2.07. The molecule has 0 aliphatic rings. The lowest BCUT2D eigenvalue weighted by atomic mass is 10.3. The van der Waals surface area contributed by atoms with Gasteiger partial charge < -0.3 is 10.3 Å². The van der Waals surface area contributed by atoms with Crippen LogP contribution in [0.3, 0.4) is 0 Å². The minimum absolute atomic E-state index is 0.0161. The first-order valence-electron chi connectivity index (χ1n) is 6.03. The molecule has 0 unspecified atom stereocenters. The Morgan fingerprint density at radius 2 is 2.06 bits per heavy atom. The highest BCUT2D eigenvalue weighted by Gasteiger charge is 2.01. The third-order valence-corrected chi connectivity index (χ3v) is 2.88. The van der Waals surface area contributed by atoms with Crippen LogP contribution in [0.1, 0.15) is 17.8 Å². The Labute approximate surface area is 106 Å². The second-order valence-corrected chi connectivity index (χ2v) is 4.50. The van der Waals surface area contributed by atoms with E-state index in [1.165, 1.54) is 6.07 Å². The summed E-state index contributed by atoms with van der Waals surface area (Å²) >= 11 is 0. The number of nitrogen functional groups attached to an aromatic ring is 1. The highest BCUT2D eigenvalue weighted by molar-refractivity contribution is 5.33. The van der Waals surface area contributed by atoms with Crippen LogP contribution in [0.15, 0.2) is 29.2 Å². The van der Waals surface area contributed by atoms with Crippen molar-refractivity contribution in [1.29, 1.82) is 0 Å². The van der Waals surface area contributed by atoms with Gasteiger partial charge in [0.15, 0.2) is 0 Å². The van der Waals surface area contributed by atoms with Crippen molar-refractivity contribution < 1.29 is 0 Å². The maximum Gasteiger partial charge on any atom is 0.250 e. The fraction of sp³-hybridized carbons (Fsp3) is 0.385. The van der Waals surface area contributed by atoms with Crippen LogP contribution in [0.2, 0.25) is 0 Å². The van der Waals surface area contributed by atoms with Crippen molar-refractivity contribution in [2.75, 3.05) is 5.73 Å². The maximum atomic E-state index is 11.6. The third kappa shape index (κ3) is 2.80. The molecule has 0 radical (unpaired) electrons. The Morgan fingerprint density at radius 1 is 1.28 bits per heavy atom. The first-order chi connectivity index (χ1) is 8.56. The zero-order valence-electron chi connectivity index (χ0n) is 10.8. The van der Waals surface area contributed by atoms with Gasteiger partial charge in [0.2, 0.25) is 0 Å². The van der Waals surface area contributed by atoms with E-state index in [0.717, 1.165) is 24.4 Å². The number of rotatable bonds is 4. The summed E-state index contributed by atoms with van der Waals surface area (Å²) in [6, 6.07) is 5.17. The van der Waals surface area contributed by atoms with E-state index < -0.39 is 0 Å². The van der Waals surface area contributed by atoms with Gasteiger partial charge in [-0.3, -0.25) is 9.48 Å². The largest absolute Gasteiger partial charge is 0.398 e. The van der Waals surface area contributed by atoms with Gasteiger partial charge in [-0.25, -0.2) is 0 Å². The van der Waals surface area contributed by atoms with Gasteiger partial charge in [-0.15, -0.1) is 0 Å². The van der Waals surface area contributed by atoms with E-state index in [2.05, 4.69) is 5.10 Å². The van der Waals surface area contributed by atoms with Gasteiger partial charge in [0, 0.05) is 36.7 Å². The van der Waals surface area contributed by atoms with Crippen LogP contribution in [0.4, 0.5) is 5.69 Å². The van der Waals surface area contributed by atoms with E-state index in [-0.39, 0.29) is 5.56 Å². The quantitative estimate of drug-likeness (QED) is 0.885. The summed E-state index contributed by atoms with van der Waals surface area (Å²) in [4.78, 5) is 11.6. The van der Waals surface area contributed by atoms with E-state index in [9.17, 15) is 4.79 Å². The van der Waals surface area contributed by atoms with Crippen molar-refractivity contribution in [1.82, 2.24) is 14.3 Å². The molecule has 18 heavy (non-hydrogen) atoms. The van der Waals surface area contributed by atoms with Crippen LogP contribution >= 0.6 is 0 Å². The van der Waals surface area contributed by atoms with Gasteiger partial charge in [0.05, 0.1) is 5.69 Å². The lowest BCUT2D eigenvalue weighted by molar-refractivity contribution is 0.510. The van der Waals surface area contributed by atoms with Gasteiger partial charge in [-0.05, 0) is 32.4 Å². The van der Waals surface area contributed by atoms with E-state index >= 15 is 0 Å². The summed E-state index contributed by atoms with van der Waals surface area (Å²) in [6.07, 6.45) is 2.54. The molecule has 5 heteroatoms. The molecule has 96 valence electrons. The van der Waals surface area contributed by atoms with Gasteiger partial charge >= 0.3 is 0 Å². The number of aryl methyl sites for hydroxylation is 4. The van der Waals surface area contributed by atoms with Gasteiger partial charge in [0.25, 0.3) is 5.56 Å². The first-order valence-corrected chi connectivity index (χ1v) is 6.03. The van der Waals surface area contributed by atoms with Crippen LogP contribution in [-0.4, -0.2) is 14.3 Å². The molecule has 0 saturated carbocycles.